The van der Waals surface area contributed by atoms with Gasteiger partial charge in [0.1, 0.15) is 0 Å². The van der Waals surface area contributed by atoms with Crippen LogP contribution < -0.4 is 5.32 Å². The van der Waals surface area contributed by atoms with Crippen molar-refractivity contribution < 1.29 is 14.7 Å². The summed E-state index contributed by atoms with van der Waals surface area (Å²) in [4.78, 5) is 27.4. The first-order chi connectivity index (χ1) is 8.93. The van der Waals surface area contributed by atoms with Crippen LogP contribution in [-0.2, 0) is 4.79 Å². The van der Waals surface area contributed by atoms with Crippen LogP contribution in [0.25, 0.3) is 0 Å². The molecule has 5 nitrogen and oxygen atoms in total. The zero-order valence-corrected chi connectivity index (χ0v) is 12.1. The third-order valence-electron chi connectivity index (χ3n) is 3.72. The van der Waals surface area contributed by atoms with Gasteiger partial charge in [0.15, 0.2) is 0 Å². The van der Waals surface area contributed by atoms with E-state index in [1.165, 1.54) is 6.20 Å². The van der Waals surface area contributed by atoms with Crippen LogP contribution in [0.1, 0.15) is 36.5 Å². The summed E-state index contributed by atoms with van der Waals surface area (Å²) < 4.78 is 0.715. The Morgan fingerprint density at radius 2 is 2.26 bits per heavy atom. The van der Waals surface area contributed by atoms with Gasteiger partial charge in [0, 0.05) is 22.9 Å². The molecule has 1 aromatic rings. The van der Waals surface area contributed by atoms with E-state index >= 15 is 0 Å². The van der Waals surface area contributed by atoms with E-state index in [1.807, 2.05) is 0 Å². The SMILES string of the molecule is CC1(C(=O)O)CCCC1NC(=O)c1cncc(Br)c1. The Morgan fingerprint density at radius 3 is 2.89 bits per heavy atom. The average Bonchev–Trinajstić information content (AvgIpc) is 2.72. The standard InChI is InChI=1S/C13H15BrN2O3/c1-13(12(18)19)4-2-3-10(13)16-11(17)8-5-9(14)7-15-6-8/h5-7,10H,2-4H2,1H3,(H,16,17)(H,18,19). The van der Waals surface area contributed by atoms with Crippen molar-refractivity contribution in [1.29, 1.82) is 0 Å². The minimum absolute atomic E-state index is 0.284. The number of amides is 1. The maximum atomic E-state index is 12.1. The zero-order valence-electron chi connectivity index (χ0n) is 10.5. The van der Waals surface area contributed by atoms with Crippen LogP contribution in [0.4, 0.5) is 0 Å². The van der Waals surface area contributed by atoms with Crippen molar-refractivity contribution in [3.63, 3.8) is 0 Å². The lowest BCUT2D eigenvalue weighted by Crippen LogP contribution is -2.47. The normalized spacial score (nSPS) is 26.1. The molecule has 2 unspecified atom stereocenters. The van der Waals surface area contributed by atoms with E-state index in [2.05, 4.69) is 26.2 Å². The monoisotopic (exact) mass is 326 g/mol. The van der Waals surface area contributed by atoms with Crippen LogP contribution in [0.3, 0.4) is 0 Å². The van der Waals surface area contributed by atoms with Gasteiger partial charge in [-0.05, 0) is 41.8 Å². The molecule has 2 rings (SSSR count). The van der Waals surface area contributed by atoms with E-state index in [4.69, 9.17) is 0 Å². The lowest BCUT2D eigenvalue weighted by Gasteiger charge is -2.27. The van der Waals surface area contributed by atoms with Gasteiger partial charge in [0.05, 0.1) is 11.0 Å². The van der Waals surface area contributed by atoms with Crippen molar-refractivity contribution in [3.8, 4) is 0 Å². The maximum Gasteiger partial charge on any atom is 0.311 e. The number of nitrogens with zero attached hydrogens (tertiary/aromatic N) is 1. The highest BCUT2D eigenvalue weighted by atomic mass is 79.9. The summed E-state index contributed by atoms with van der Waals surface area (Å²) in [6, 6.07) is 1.33. The average molecular weight is 327 g/mol. The van der Waals surface area contributed by atoms with Gasteiger partial charge in [-0.15, -0.1) is 0 Å². The van der Waals surface area contributed by atoms with Crippen molar-refractivity contribution in [1.82, 2.24) is 10.3 Å². The number of nitrogens with one attached hydrogen (secondary N) is 1. The Morgan fingerprint density at radius 1 is 1.53 bits per heavy atom. The molecule has 2 atom stereocenters. The minimum atomic E-state index is -0.880. The molecule has 0 saturated heterocycles. The fraction of sp³-hybridized carbons (Fsp3) is 0.462. The number of hydrogen-bond acceptors (Lipinski definition) is 3. The van der Waals surface area contributed by atoms with Gasteiger partial charge in [-0.25, -0.2) is 0 Å². The van der Waals surface area contributed by atoms with Gasteiger partial charge in [0.2, 0.25) is 0 Å². The number of carboxylic acids is 1. The number of halogens is 1. The first-order valence-electron chi connectivity index (χ1n) is 6.08. The van der Waals surface area contributed by atoms with Crippen LogP contribution in [0.15, 0.2) is 22.9 Å². The molecule has 1 amide bonds. The summed E-state index contributed by atoms with van der Waals surface area (Å²) >= 11 is 3.25. The Labute approximate surface area is 119 Å². The Balaban J connectivity index is 2.13. The third-order valence-corrected chi connectivity index (χ3v) is 4.15. The van der Waals surface area contributed by atoms with Crippen LogP contribution in [0.2, 0.25) is 0 Å². The van der Waals surface area contributed by atoms with Crippen molar-refractivity contribution in [3.05, 3.63) is 28.5 Å². The topological polar surface area (TPSA) is 79.3 Å². The molecule has 1 saturated carbocycles. The van der Waals surface area contributed by atoms with E-state index in [9.17, 15) is 14.7 Å². The van der Waals surface area contributed by atoms with Crippen molar-refractivity contribution in [2.24, 2.45) is 5.41 Å². The predicted molar refractivity (Wildman–Crippen MR) is 72.8 cm³/mol. The Kier molecular flexibility index (Phi) is 3.89. The van der Waals surface area contributed by atoms with Crippen LogP contribution in [0.5, 0.6) is 0 Å². The van der Waals surface area contributed by atoms with E-state index in [-0.39, 0.29) is 11.9 Å². The smallest absolute Gasteiger partial charge is 0.311 e. The predicted octanol–water partition coefficient (Wildman–Crippen LogP) is 2.22. The molecule has 1 aromatic heterocycles. The summed E-state index contributed by atoms with van der Waals surface area (Å²) in [6.45, 7) is 1.69. The highest BCUT2D eigenvalue weighted by Crippen LogP contribution is 2.38. The molecule has 1 aliphatic carbocycles. The number of carbonyl (C=O) groups excluding carboxylic acids is 1. The second-order valence-electron chi connectivity index (χ2n) is 5.03. The van der Waals surface area contributed by atoms with E-state index < -0.39 is 11.4 Å². The molecule has 0 aromatic carbocycles. The number of aliphatic carboxylic acids is 1. The Hall–Kier alpha value is -1.43. The molecule has 6 heteroatoms. The lowest BCUT2D eigenvalue weighted by atomic mass is 9.85. The fourth-order valence-corrected chi connectivity index (χ4v) is 2.80. The number of rotatable bonds is 3. The minimum Gasteiger partial charge on any atom is -0.481 e. The lowest BCUT2D eigenvalue weighted by molar-refractivity contribution is -0.148. The van der Waals surface area contributed by atoms with Crippen molar-refractivity contribution in [2.75, 3.05) is 0 Å². The van der Waals surface area contributed by atoms with E-state index in [0.717, 1.165) is 6.42 Å². The van der Waals surface area contributed by atoms with Gasteiger partial charge in [-0.3, -0.25) is 14.6 Å². The van der Waals surface area contributed by atoms with E-state index in [1.54, 1.807) is 19.2 Å². The molecule has 0 bridgehead atoms. The first-order valence-corrected chi connectivity index (χ1v) is 6.87. The number of pyridine rings is 1. The molecule has 0 radical (unpaired) electrons. The summed E-state index contributed by atoms with van der Waals surface area (Å²) in [5, 5.41) is 12.1. The number of carbonyl (C=O) groups is 2. The molecule has 102 valence electrons. The second kappa shape index (κ2) is 5.28. The van der Waals surface area contributed by atoms with Gasteiger partial charge in [-0.1, -0.05) is 6.42 Å². The molecule has 1 fully saturated rings. The molecular formula is C13H15BrN2O3. The van der Waals surface area contributed by atoms with Gasteiger partial charge in [-0.2, -0.15) is 0 Å². The molecule has 1 heterocycles. The maximum absolute atomic E-state index is 12.1. The highest BCUT2D eigenvalue weighted by molar-refractivity contribution is 9.10. The number of aromatic nitrogens is 1. The molecule has 19 heavy (non-hydrogen) atoms. The van der Waals surface area contributed by atoms with Crippen molar-refractivity contribution >= 4 is 27.8 Å². The summed E-state index contributed by atoms with van der Waals surface area (Å²) in [7, 11) is 0. The molecule has 1 aliphatic rings. The van der Waals surface area contributed by atoms with Crippen LogP contribution in [0, 0.1) is 5.41 Å². The quantitative estimate of drug-likeness (QED) is 0.892. The summed E-state index contributed by atoms with van der Waals surface area (Å²) in [5.74, 6) is -1.14. The fourth-order valence-electron chi connectivity index (χ4n) is 2.43. The second-order valence-corrected chi connectivity index (χ2v) is 5.95. The molecular weight excluding hydrogens is 312 g/mol. The van der Waals surface area contributed by atoms with Gasteiger partial charge >= 0.3 is 5.97 Å². The Bertz CT molecular complexity index is 520. The van der Waals surface area contributed by atoms with Crippen LogP contribution >= 0.6 is 15.9 Å². The third kappa shape index (κ3) is 2.78. The van der Waals surface area contributed by atoms with Gasteiger partial charge < -0.3 is 10.4 Å². The molecule has 0 aliphatic heterocycles. The highest BCUT2D eigenvalue weighted by Gasteiger charge is 2.45. The first kappa shape index (κ1) is 14.0. The van der Waals surface area contributed by atoms with E-state index in [0.29, 0.717) is 22.9 Å². The summed E-state index contributed by atoms with van der Waals surface area (Å²) in [6.07, 6.45) is 5.14. The van der Waals surface area contributed by atoms with Crippen LogP contribution in [-0.4, -0.2) is 28.0 Å². The molecule has 0 spiro atoms. The largest absolute Gasteiger partial charge is 0.481 e. The summed E-state index contributed by atoms with van der Waals surface area (Å²) in [5.41, 5.74) is -0.455. The number of carboxylic acid groups (broad SMARTS) is 1. The van der Waals surface area contributed by atoms with Crippen molar-refractivity contribution in [2.45, 2.75) is 32.2 Å². The van der Waals surface area contributed by atoms with Gasteiger partial charge in [0.25, 0.3) is 5.91 Å². The molecule has 2 N–H and O–H groups in total. The number of hydrogen-bond donors (Lipinski definition) is 2. The zero-order chi connectivity index (χ0) is 14.0.